The molecule has 1 amide bonds. The van der Waals surface area contributed by atoms with E-state index in [-0.39, 0.29) is 12.2 Å². The van der Waals surface area contributed by atoms with Crippen LogP contribution >= 0.6 is 67.8 Å². The molecular weight excluding hydrogens is 623 g/mol. The fourth-order valence-corrected chi connectivity index (χ4v) is 4.36. The minimum absolute atomic E-state index is 0.00694. The van der Waals surface area contributed by atoms with Crippen molar-refractivity contribution in [1.82, 2.24) is 5.32 Å². The summed E-state index contributed by atoms with van der Waals surface area (Å²) >= 11 is 6.73. The Bertz CT molecular complexity index is 493. The highest BCUT2D eigenvalue weighted by molar-refractivity contribution is 14.1. The van der Waals surface area contributed by atoms with Crippen LogP contribution in [0.5, 0.6) is 0 Å². The lowest BCUT2D eigenvalue weighted by atomic mass is 10.1. The molecule has 0 heterocycles. The molecule has 0 radical (unpaired) electrons. The van der Waals surface area contributed by atoms with Crippen molar-refractivity contribution in [1.29, 1.82) is 0 Å². The molecule has 0 spiro atoms. The van der Waals surface area contributed by atoms with E-state index in [0.717, 1.165) is 42.0 Å². The molecule has 0 bridgehead atoms. The Morgan fingerprint density at radius 3 is 2.45 bits per heavy atom. The van der Waals surface area contributed by atoms with E-state index >= 15 is 0 Å². The molecule has 1 rings (SSSR count). The van der Waals surface area contributed by atoms with Crippen molar-refractivity contribution in [2.75, 3.05) is 20.8 Å². The lowest BCUT2D eigenvalue weighted by Gasteiger charge is -2.13. The first-order valence-electron chi connectivity index (χ1n) is 6.98. The SMILES string of the molecule is COC(CCCCCNC(=O)c1cc(I)cc(I)c1I)OC. The molecule has 7 heteroatoms. The average molecular weight is 643 g/mol. The molecule has 1 aromatic carbocycles. The maximum Gasteiger partial charge on any atom is 0.252 e. The second-order valence-electron chi connectivity index (χ2n) is 4.76. The molecule has 4 nitrogen and oxygen atoms in total. The number of hydrogen-bond donors (Lipinski definition) is 1. The van der Waals surface area contributed by atoms with Crippen molar-refractivity contribution in [3.8, 4) is 0 Å². The fraction of sp³-hybridized carbons (Fsp3) is 0.533. The van der Waals surface area contributed by atoms with Crippen molar-refractivity contribution in [3.63, 3.8) is 0 Å². The molecule has 0 aromatic heterocycles. The largest absolute Gasteiger partial charge is 0.356 e. The number of rotatable bonds is 9. The molecule has 0 aliphatic carbocycles. The maximum atomic E-state index is 12.2. The normalized spacial score (nSPS) is 11.0. The van der Waals surface area contributed by atoms with Gasteiger partial charge < -0.3 is 14.8 Å². The molecular formula is C15H20I3NO3. The maximum absolute atomic E-state index is 12.2. The minimum Gasteiger partial charge on any atom is -0.356 e. The molecule has 0 saturated heterocycles. The highest BCUT2D eigenvalue weighted by Crippen LogP contribution is 2.22. The third-order valence-corrected chi connectivity index (χ3v) is 6.83. The van der Waals surface area contributed by atoms with Crippen molar-refractivity contribution in [2.24, 2.45) is 0 Å². The van der Waals surface area contributed by atoms with E-state index in [9.17, 15) is 4.79 Å². The smallest absolute Gasteiger partial charge is 0.252 e. The van der Waals surface area contributed by atoms with E-state index in [1.54, 1.807) is 14.2 Å². The van der Waals surface area contributed by atoms with Crippen molar-refractivity contribution < 1.29 is 14.3 Å². The Balaban J connectivity index is 2.32. The number of halogens is 3. The molecule has 124 valence electrons. The van der Waals surface area contributed by atoms with Gasteiger partial charge in [0, 0.05) is 31.5 Å². The van der Waals surface area contributed by atoms with Crippen LogP contribution in [0.4, 0.5) is 0 Å². The zero-order chi connectivity index (χ0) is 16.5. The van der Waals surface area contributed by atoms with Crippen LogP contribution in [0.3, 0.4) is 0 Å². The summed E-state index contributed by atoms with van der Waals surface area (Å²) in [5.74, 6) is 0.00694. The van der Waals surface area contributed by atoms with E-state index < -0.39 is 0 Å². The van der Waals surface area contributed by atoms with Gasteiger partial charge in [-0.1, -0.05) is 6.42 Å². The summed E-state index contributed by atoms with van der Waals surface area (Å²) in [6, 6.07) is 4.00. The summed E-state index contributed by atoms with van der Waals surface area (Å²) in [4.78, 5) is 12.2. The molecule has 0 unspecified atom stereocenters. The number of unbranched alkanes of at least 4 members (excludes halogenated alkanes) is 2. The van der Waals surface area contributed by atoms with Crippen LogP contribution in [0.15, 0.2) is 12.1 Å². The Kier molecular flexibility index (Phi) is 10.8. The molecule has 0 saturated carbocycles. The zero-order valence-electron chi connectivity index (χ0n) is 12.6. The quantitative estimate of drug-likeness (QED) is 0.188. The van der Waals surface area contributed by atoms with E-state index in [0.29, 0.717) is 6.54 Å². The molecule has 0 aliphatic rings. The number of hydrogen-bond acceptors (Lipinski definition) is 3. The third kappa shape index (κ3) is 7.14. The van der Waals surface area contributed by atoms with E-state index in [1.165, 1.54) is 0 Å². The van der Waals surface area contributed by atoms with Gasteiger partial charge in [-0.15, -0.1) is 0 Å². The lowest BCUT2D eigenvalue weighted by Crippen LogP contribution is -2.25. The van der Waals surface area contributed by atoms with Gasteiger partial charge >= 0.3 is 0 Å². The highest BCUT2D eigenvalue weighted by Gasteiger charge is 2.13. The van der Waals surface area contributed by atoms with Gasteiger partial charge in [-0.2, -0.15) is 0 Å². The number of carbonyl (C=O) groups excluding carboxylic acids is 1. The molecule has 0 aliphatic heterocycles. The first kappa shape index (κ1) is 20.8. The number of nitrogens with one attached hydrogen (secondary N) is 1. The predicted molar refractivity (Wildman–Crippen MR) is 113 cm³/mol. The molecule has 22 heavy (non-hydrogen) atoms. The Labute approximate surface area is 172 Å². The van der Waals surface area contributed by atoms with Gasteiger partial charge in [-0.25, -0.2) is 0 Å². The van der Waals surface area contributed by atoms with Crippen molar-refractivity contribution >= 4 is 73.7 Å². The van der Waals surface area contributed by atoms with Crippen molar-refractivity contribution in [3.05, 3.63) is 28.4 Å². The Morgan fingerprint density at radius 1 is 1.14 bits per heavy atom. The van der Waals surface area contributed by atoms with Crippen molar-refractivity contribution in [2.45, 2.75) is 32.0 Å². The monoisotopic (exact) mass is 643 g/mol. The highest BCUT2D eigenvalue weighted by atomic mass is 127. The Morgan fingerprint density at radius 2 is 1.82 bits per heavy atom. The third-order valence-electron chi connectivity index (χ3n) is 3.17. The number of benzene rings is 1. The van der Waals surface area contributed by atoms with Gasteiger partial charge in [-0.3, -0.25) is 4.79 Å². The summed E-state index contributed by atoms with van der Waals surface area (Å²) in [6.07, 6.45) is 3.80. The van der Waals surface area contributed by atoms with Gasteiger partial charge in [0.15, 0.2) is 6.29 Å². The van der Waals surface area contributed by atoms with Crippen LogP contribution in [-0.4, -0.2) is 33.0 Å². The standard InChI is InChI=1S/C15H20I3NO3/c1-21-13(22-2)6-4-3-5-7-19-15(20)11-8-10(16)9-12(17)14(11)18/h8-9,13H,3-7H2,1-2H3,(H,19,20). The Hall–Kier alpha value is 0.800. The van der Waals surface area contributed by atoms with Crippen LogP contribution in [0.1, 0.15) is 36.0 Å². The van der Waals surface area contributed by atoms with Gasteiger partial charge in [0.1, 0.15) is 0 Å². The fourth-order valence-electron chi connectivity index (χ4n) is 1.96. The molecule has 1 aromatic rings. The molecule has 1 N–H and O–H groups in total. The van der Waals surface area contributed by atoms with Crippen LogP contribution in [0.2, 0.25) is 0 Å². The first-order valence-corrected chi connectivity index (χ1v) is 10.2. The van der Waals surface area contributed by atoms with Gasteiger partial charge in [0.2, 0.25) is 0 Å². The summed E-state index contributed by atoms with van der Waals surface area (Å²) in [5, 5.41) is 3.00. The summed E-state index contributed by atoms with van der Waals surface area (Å²) < 4.78 is 13.5. The van der Waals surface area contributed by atoms with E-state index in [4.69, 9.17) is 9.47 Å². The van der Waals surface area contributed by atoms with E-state index in [2.05, 4.69) is 79.2 Å². The number of ether oxygens (including phenoxy) is 2. The first-order chi connectivity index (χ1) is 10.5. The average Bonchev–Trinajstić information content (AvgIpc) is 2.50. The molecule has 0 fully saturated rings. The summed E-state index contributed by atoms with van der Waals surface area (Å²) in [6.45, 7) is 0.696. The predicted octanol–water partition coefficient (Wildman–Crippen LogP) is 4.41. The molecule has 0 atom stereocenters. The summed E-state index contributed by atoms with van der Waals surface area (Å²) in [7, 11) is 3.30. The minimum atomic E-state index is -0.121. The van der Waals surface area contributed by atoms with Crippen LogP contribution in [0.25, 0.3) is 0 Å². The zero-order valence-corrected chi connectivity index (χ0v) is 19.1. The topological polar surface area (TPSA) is 47.6 Å². The second-order valence-corrected chi connectivity index (χ2v) is 8.24. The number of methoxy groups -OCH3 is 2. The van der Waals surface area contributed by atoms with Gasteiger partial charge in [0.05, 0.1) is 5.56 Å². The lowest BCUT2D eigenvalue weighted by molar-refractivity contribution is -0.107. The van der Waals surface area contributed by atoms with Crippen LogP contribution in [-0.2, 0) is 9.47 Å². The van der Waals surface area contributed by atoms with Crippen LogP contribution < -0.4 is 5.32 Å². The summed E-state index contributed by atoms with van der Waals surface area (Å²) in [5.41, 5.74) is 0.760. The van der Waals surface area contributed by atoms with E-state index in [1.807, 2.05) is 6.07 Å². The number of amides is 1. The number of carbonyl (C=O) groups is 1. The van der Waals surface area contributed by atoms with Gasteiger partial charge in [-0.05, 0) is 99.2 Å². The second kappa shape index (κ2) is 11.4. The van der Waals surface area contributed by atoms with Crippen LogP contribution in [0, 0.1) is 10.7 Å². The van der Waals surface area contributed by atoms with Gasteiger partial charge in [0.25, 0.3) is 5.91 Å².